The van der Waals surface area contributed by atoms with Gasteiger partial charge in [-0.05, 0) is 210 Å². The molecule has 7 amide bonds. The van der Waals surface area contributed by atoms with E-state index in [1.165, 1.54) is 67.6 Å². The van der Waals surface area contributed by atoms with Crippen molar-refractivity contribution in [3.63, 3.8) is 0 Å². The van der Waals surface area contributed by atoms with E-state index in [0.29, 0.717) is 111 Å². The Morgan fingerprint density at radius 3 is 1.66 bits per heavy atom. The third kappa shape index (κ3) is 35.9. The van der Waals surface area contributed by atoms with Crippen molar-refractivity contribution in [1.82, 2.24) is 42.2 Å². The molecule has 2 aliphatic rings. The number of rotatable bonds is 60. The van der Waals surface area contributed by atoms with Crippen LogP contribution in [0, 0.1) is 41.4 Å². The molecule has 10 atom stereocenters. The van der Waals surface area contributed by atoms with Crippen LogP contribution < -0.4 is 76.3 Å². The van der Waals surface area contributed by atoms with Gasteiger partial charge >= 0.3 is 17.9 Å². The van der Waals surface area contributed by atoms with Crippen LogP contribution in [-0.4, -0.2) is 195 Å². The van der Waals surface area contributed by atoms with Crippen LogP contribution in [0.1, 0.15) is 201 Å². The number of thioether (sulfide) groups is 1. The molecule has 0 spiro atoms. The molecule has 0 bridgehead atoms. The van der Waals surface area contributed by atoms with Gasteiger partial charge in [0.2, 0.25) is 35.4 Å². The summed E-state index contributed by atoms with van der Waals surface area (Å²) in [5.74, 6) is -11.0. The van der Waals surface area contributed by atoms with Gasteiger partial charge in [0.05, 0.1) is 67.9 Å². The summed E-state index contributed by atoms with van der Waals surface area (Å²) in [5.41, 5.74) is 26.6. The number of para-hydroxylation sites is 1. The Morgan fingerprint density at radius 1 is 0.511 bits per heavy atom. The number of nitrogens with two attached hydrogens (primary N) is 2. The average Bonchev–Trinajstić information content (AvgIpc) is 1.43. The van der Waals surface area contributed by atoms with Crippen LogP contribution in [0.2, 0.25) is 0 Å². The zero-order valence-corrected chi connectivity index (χ0v) is 80.5. The van der Waals surface area contributed by atoms with Crippen LogP contribution in [0.15, 0.2) is 149 Å². The first-order chi connectivity index (χ1) is 65.5. The summed E-state index contributed by atoms with van der Waals surface area (Å²) in [6.45, 7) is 12.8. The van der Waals surface area contributed by atoms with Gasteiger partial charge in [-0.25, -0.2) is 4.79 Å². The lowest BCUT2D eigenvalue weighted by molar-refractivity contribution is -0.459. The molecule has 8 rings (SSSR count). The normalized spacial score (nSPS) is 13.5. The molecule has 26 N–H and O–H groups in total. The Kier molecular flexibility index (Phi) is 46.3. The van der Waals surface area contributed by atoms with Crippen LogP contribution in [0.3, 0.4) is 0 Å². The van der Waals surface area contributed by atoms with Crippen molar-refractivity contribution in [2.75, 3.05) is 51.3 Å². The number of guanidine groups is 1. The summed E-state index contributed by atoms with van der Waals surface area (Å²) in [7, 11) is 0. The van der Waals surface area contributed by atoms with Crippen LogP contribution in [0.5, 0.6) is 11.5 Å². The minimum atomic E-state index is -1.35. The van der Waals surface area contributed by atoms with E-state index < -0.39 is 113 Å². The minimum absolute atomic E-state index is 0.00578. The molecule has 35 heteroatoms. The molecule has 2 heterocycles. The third-order valence-electron chi connectivity index (χ3n) is 24.4. The van der Waals surface area contributed by atoms with Crippen molar-refractivity contribution in [3.05, 3.63) is 178 Å². The van der Waals surface area contributed by atoms with Gasteiger partial charge in [-0.15, -0.1) is 0 Å². The second-order valence-electron chi connectivity index (χ2n) is 35.7. The highest BCUT2D eigenvalue weighted by atomic mass is 32.2. The van der Waals surface area contributed by atoms with Crippen LogP contribution in [0.25, 0.3) is 44.3 Å². The van der Waals surface area contributed by atoms with E-state index >= 15 is 0 Å². The maximum atomic E-state index is 14.6. The number of quaternary nitrogens is 3. The molecule has 1 aliphatic heterocycles. The third-order valence-corrected chi connectivity index (χ3v) is 25.0. The summed E-state index contributed by atoms with van der Waals surface area (Å²) in [5, 5.41) is 61.4. The highest BCUT2D eigenvalue weighted by Gasteiger charge is 2.38. The number of aromatic amines is 1. The number of unbranched alkanes of at least 4 members (excludes halogenated alkanes) is 3. The minimum Gasteiger partial charge on any atom is -0.508 e. The Labute approximate surface area is 802 Å². The number of carbonyl (C=O) groups is 14. The molecule has 740 valence electrons. The molecule has 1 aliphatic carbocycles. The maximum absolute atomic E-state index is 14.6. The number of H-pyrrole nitrogens is 1. The van der Waals surface area contributed by atoms with Crippen molar-refractivity contribution in [1.29, 1.82) is 0 Å². The number of carboxylic acids is 2. The van der Waals surface area contributed by atoms with Crippen LogP contribution in [-0.2, 0) is 76.8 Å². The Balaban J connectivity index is 0.000000441. The number of phenols is 2. The number of benzene rings is 6. The van der Waals surface area contributed by atoms with Gasteiger partial charge in [0.25, 0.3) is 5.91 Å². The Morgan fingerprint density at radius 2 is 1.05 bits per heavy atom. The maximum Gasteiger partial charge on any atom is 0.338 e. The molecule has 0 saturated heterocycles. The Hall–Kier alpha value is -13.0. The smallest absolute Gasteiger partial charge is 0.338 e. The van der Waals surface area contributed by atoms with E-state index in [0.717, 1.165) is 29.3 Å². The number of carbonyl (C=O) groups excluding carboxylic acids is 12. The SMILES string of the molecule is CC(=O)[C@@H](NC(=O)[C@@H](CC(=O)[C@H](Cc1ccccc1)NC(=O)[C@H](CCC[NH+]=C(N)N)CC(=O)[C@H](CCCC[NH3+])NC(=O)CCNC(=O)CCNC(=O)c1ccc(-c2c3ccc(=O)cc-3oc3cc(O)ccc23)c(C(=O)O)c1)Cc1ccc(O)cc1)C(C)C.CC[C@H](C(=O)N[C@@H](CCSC)C(=O)C[C@@H](Cc1c[nH]c2ccccc12)C(=O)N[C@@H](CCCC[NH3+])C(=O)C[C@@H](CCCC[NH3+])C(=O)O)C(C)C. The molecule has 5 aromatic carbocycles. The van der Waals surface area contributed by atoms with Gasteiger partial charge in [0.1, 0.15) is 22.8 Å². The number of aliphatic carboxylic acids is 1. The molecular weight excluding hydrogens is 1770 g/mol. The average molecular weight is 1910 g/mol. The number of phenolic OH excluding ortho intramolecular Hbond substituents is 2. The zero-order chi connectivity index (χ0) is 100. The molecule has 0 unspecified atom stereocenters. The standard InChI is InChI=1S/C65H77N9O14.C37H59N5O6S/c1-37(2)60(38(3)75)74-63(85)43(30-40-14-17-44(76)18-15-40)34-54(80)52(31-39-10-5-4-6-11-39)73-62(84)41(12-9-27-71-65(67)68)33-53(79)51(13-7-8-26-66)72-58(82)25-28-69-57(81)24-29-70-61(83)42-16-21-47(50(32-42)64(86)87)59-48-22-19-45(77)35-55(48)88-56-36-46(78)20-23-49(56)59;1-5-28(24(2)3)36(46)42-32(16-19-49-4)34(44)22-26(20-27-23-40-30-14-7-6-13-29(27)30)35(45)41-31(15-9-11-18-39)33(43)21-25(37(47)48)12-8-10-17-38/h4-6,10-11,14-23,32,35-37,41,43,51-52,60,76-77H,7-9,12-13,24-31,33-34,66H2,1-3H3,(H,69,81)(H,70,83)(H,72,82)(H,73,84)(H,74,85)(H,86,87)(H4,67,68,71);6-7,13-14,23-26,28,31-32,40H,5,8-12,15-22,38-39H2,1-4H3,(H,41,45)(H,42,46)(H,47,48)/p+4/t41-,43-,51+,52+,60+;25-,26-,28+,31+,32+/m11/s1. The lowest BCUT2D eigenvalue weighted by Crippen LogP contribution is -2.78. The zero-order valence-electron chi connectivity index (χ0n) is 79.7. The monoisotopic (exact) mass is 1910 g/mol. The number of amides is 7. The quantitative estimate of drug-likeness (QED) is 0.00987. The number of aromatic carboxylic acids is 1. The van der Waals surface area contributed by atoms with E-state index in [1.807, 2.05) is 57.5 Å². The van der Waals surface area contributed by atoms with E-state index in [2.05, 4.69) is 64.4 Å². The first kappa shape index (κ1) is 111. The van der Waals surface area contributed by atoms with Gasteiger partial charge in [-0.3, -0.25) is 83.6 Å². The number of aromatic nitrogens is 1. The molecule has 34 nitrogen and oxygen atoms in total. The van der Waals surface area contributed by atoms with Gasteiger partial charge in [-0.1, -0.05) is 101 Å². The van der Waals surface area contributed by atoms with Gasteiger partial charge < -0.3 is 84.2 Å². The topological polar surface area (TPSA) is 599 Å². The van der Waals surface area contributed by atoms with Crippen molar-refractivity contribution < 1.29 is 114 Å². The number of aromatic hydroxyl groups is 2. The number of nitrogens with one attached hydrogen (secondary N) is 9. The number of carboxylic acid groups (broad SMARTS) is 2. The fourth-order valence-corrected chi connectivity index (χ4v) is 17.2. The molecule has 137 heavy (non-hydrogen) atoms. The summed E-state index contributed by atoms with van der Waals surface area (Å²) < 4.78 is 5.89. The number of ketones is 5. The molecular formula is C102H140N14O20S+4. The van der Waals surface area contributed by atoms with E-state index in [-0.39, 0.29) is 182 Å². The second kappa shape index (κ2) is 57.1. The molecule has 0 fully saturated rings. The lowest BCUT2D eigenvalue weighted by Gasteiger charge is -2.26. The van der Waals surface area contributed by atoms with E-state index in [1.54, 1.807) is 74.1 Å². The molecule has 1 aromatic heterocycles. The molecule has 0 radical (unpaired) electrons. The molecule has 6 aromatic rings. The van der Waals surface area contributed by atoms with Crippen LogP contribution >= 0.6 is 11.8 Å². The first-order valence-corrected chi connectivity index (χ1v) is 48.7. The van der Waals surface area contributed by atoms with Crippen LogP contribution in [0.4, 0.5) is 0 Å². The number of Topliss-reactive ketones (excluding diaryl/α,β-unsaturated/α-hetero) is 5. The van der Waals surface area contributed by atoms with Crippen molar-refractivity contribution in [3.8, 4) is 33.9 Å². The number of hydrogen-bond acceptors (Lipinski definition) is 19. The fraction of sp³-hybridized carbons (Fsp3) is 0.471. The highest BCUT2D eigenvalue weighted by molar-refractivity contribution is 7.98. The summed E-state index contributed by atoms with van der Waals surface area (Å²) >= 11 is 1.59. The van der Waals surface area contributed by atoms with Gasteiger partial charge in [-0.2, -0.15) is 11.8 Å². The van der Waals surface area contributed by atoms with Gasteiger partial charge in [0, 0.05) is 127 Å². The predicted molar refractivity (Wildman–Crippen MR) is 522 cm³/mol. The van der Waals surface area contributed by atoms with Gasteiger partial charge in [0.15, 0.2) is 34.3 Å². The number of hydrogen-bond donors (Lipinski definition) is 18. The lowest BCUT2D eigenvalue weighted by atomic mass is 9.88. The predicted octanol–water partition coefficient (Wildman–Crippen LogP) is 5.36. The summed E-state index contributed by atoms with van der Waals surface area (Å²) in [6, 6.07) is 30.6. The fourth-order valence-electron chi connectivity index (χ4n) is 16.8. The second-order valence-corrected chi connectivity index (χ2v) is 36.7. The summed E-state index contributed by atoms with van der Waals surface area (Å²) in [4.78, 5) is 208. The van der Waals surface area contributed by atoms with Crippen molar-refractivity contribution in [2.45, 2.75) is 213 Å². The van der Waals surface area contributed by atoms with E-state index in [4.69, 9.17) is 15.9 Å². The number of fused-ring (bicyclic) bond motifs is 3. The van der Waals surface area contributed by atoms with E-state index in [9.17, 15) is 92.3 Å². The first-order valence-electron chi connectivity index (χ1n) is 47.3. The summed E-state index contributed by atoms with van der Waals surface area (Å²) in [6.07, 6.45) is 9.13. The van der Waals surface area contributed by atoms with Crippen molar-refractivity contribution >= 4 is 122 Å². The molecule has 0 saturated carbocycles. The highest BCUT2D eigenvalue weighted by Crippen LogP contribution is 2.43. The largest absolute Gasteiger partial charge is 0.508 e. The van der Waals surface area contributed by atoms with Crippen molar-refractivity contribution in [2.24, 2.45) is 52.9 Å². The Bertz CT molecular complexity index is 5460.